The van der Waals surface area contributed by atoms with Gasteiger partial charge < -0.3 is 0 Å². The van der Waals surface area contributed by atoms with Crippen molar-refractivity contribution in [2.45, 2.75) is 39.7 Å². The Morgan fingerprint density at radius 1 is 1.55 bits per heavy atom. The Balaban J connectivity index is 2.64. The summed E-state index contributed by atoms with van der Waals surface area (Å²) in [6.07, 6.45) is 2.09. The number of nitrogens with zero attached hydrogens (tertiary/aromatic N) is 3. The standard InChI is InChI=1S/C8H15N3/c1-6-4-7(10-11-9)5-8(6,2)3/h6-7H,4-5H2,1-3H3/t6?,7-/m1/s1. The second kappa shape index (κ2) is 2.74. The summed E-state index contributed by atoms with van der Waals surface area (Å²) in [7, 11) is 0. The van der Waals surface area contributed by atoms with Gasteiger partial charge in [0.05, 0.1) is 0 Å². The van der Waals surface area contributed by atoms with Gasteiger partial charge in [-0.15, -0.1) is 0 Å². The molecule has 11 heavy (non-hydrogen) atoms. The zero-order chi connectivity index (χ0) is 8.48. The van der Waals surface area contributed by atoms with E-state index < -0.39 is 0 Å². The second-order valence-corrected chi connectivity index (χ2v) is 4.19. The molecule has 3 nitrogen and oxygen atoms in total. The predicted octanol–water partition coefficient (Wildman–Crippen LogP) is 3.12. The Morgan fingerprint density at radius 3 is 2.55 bits per heavy atom. The first-order valence-corrected chi connectivity index (χ1v) is 4.10. The molecule has 0 aromatic heterocycles. The largest absolute Gasteiger partial charge is 0.0906 e. The molecule has 1 rings (SSSR count). The highest BCUT2D eigenvalue weighted by molar-refractivity contribution is 4.91. The molecule has 3 heteroatoms. The molecule has 0 bridgehead atoms. The molecule has 1 aliphatic carbocycles. The molecule has 0 saturated heterocycles. The average molecular weight is 153 g/mol. The Bertz CT molecular complexity index is 192. The van der Waals surface area contributed by atoms with E-state index in [1.807, 2.05) is 0 Å². The fourth-order valence-corrected chi connectivity index (χ4v) is 1.78. The van der Waals surface area contributed by atoms with Crippen LogP contribution in [0.2, 0.25) is 0 Å². The van der Waals surface area contributed by atoms with Gasteiger partial charge in [-0.25, -0.2) is 0 Å². The number of rotatable bonds is 1. The van der Waals surface area contributed by atoms with Crippen LogP contribution in [0.25, 0.3) is 10.4 Å². The van der Waals surface area contributed by atoms with E-state index in [0.717, 1.165) is 12.8 Å². The van der Waals surface area contributed by atoms with Gasteiger partial charge in [0.25, 0.3) is 0 Å². The third-order valence-electron chi connectivity index (χ3n) is 2.94. The van der Waals surface area contributed by atoms with Crippen LogP contribution < -0.4 is 0 Å². The number of hydrogen-bond acceptors (Lipinski definition) is 1. The van der Waals surface area contributed by atoms with Crippen LogP contribution in [0.1, 0.15) is 33.6 Å². The van der Waals surface area contributed by atoms with E-state index in [1.165, 1.54) is 0 Å². The summed E-state index contributed by atoms with van der Waals surface area (Å²) in [4.78, 5) is 2.84. The lowest BCUT2D eigenvalue weighted by Crippen LogP contribution is -2.13. The fraction of sp³-hybridized carbons (Fsp3) is 1.00. The SMILES string of the molecule is CC1C[C@@H](N=[N+]=[N-])CC1(C)C. The fourth-order valence-electron chi connectivity index (χ4n) is 1.78. The first kappa shape index (κ1) is 8.41. The summed E-state index contributed by atoms with van der Waals surface area (Å²) >= 11 is 0. The minimum atomic E-state index is 0.241. The molecule has 0 aromatic rings. The summed E-state index contributed by atoms with van der Waals surface area (Å²) in [5.74, 6) is 0.679. The Labute approximate surface area is 67.4 Å². The van der Waals surface area contributed by atoms with E-state index in [-0.39, 0.29) is 6.04 Å². The van der Waals surface area contributed by atoms with Gasteiger partial charge in [0.15, 0.2) is 0 Å². The van der Waals surface area contributed by atoms with Crippen LogP contribution in [0.3, 0.4) is 0 Å². The molecular weight excluding hydrogens is 138 g/mol. The van der Waals surface area contributed by atoms with E-state index >= 15 is 0 Å². The van der Waals surface area contributed by atoms with Crippen LogP contribution in [0.5, 0.6) is 0 Å². The van der Waals surface area contributed by atoms with Crippen LogP contribution in [0.4, 0.5) is 0 Å². The van der Waals surface area contributed by atoms with Crippen LogP contribution in [0, 0.1) is 11.3 Å². The molecule has 1 saturated carbocycles. The van der Waals surface area contributed by atoms with Crippen molar-refractivity contribution in [3.63, 3.8) is 0 Å². The second-order valence-electron chi connectivity index (χ2n) is 4.19. The van der Waals surface area contributed by atoms with Gasteiger partial charge in [-0.1, -0.05) is 25.9 Å². The maximum absolute atomic E-state index is 8.24. The predicted molar refractivity (Wildman–Crippen MR) is 45.1 cm³/mol. The van der Waals surface area contributed by atoms with Crippen LogP contribution >= 0.6 is 0 Å². The monoisotopic (exact) mass is 153 g/mol. The van der Waals surface area contributed by atoms with Gasteiger partial charge in [0, 0.05) is 11.0 Å². The number of azide groups is 1. The lowest BCUT2D eigenvalue weighted by Gasteiger charge is -2.22. The summed E-state index contributed by atoms with van der Waals surface area (Å²) in [6, 6.07) is 0.241. The third kappa shape index (κ3) is 1.66. The normalized spacial score (nSPS) is 34.8. The minimum absolute atomic E-state index is 0.241. The van der Waals surface area contributed by atoms with Gasteiger partial charge in [-0.05, 0) is 29.7 Å². The molecule has 1 fully saturated rings. The molecule has 0 spiro atoms. The first-order chi connectivity index (χ1) is 5.06. The van der Waals surface area contributed by atoms with E-state index in [9.17, 15) is 0 Å². The highest BCUT2D eigenvalue weighted by Gasteiger charge is 2.36. The molecule has 0 amide bonds. The third-order valence-corrected chi connectivity index (χ3v) is 2.94. The first-order valence-electron chi connectivity index (χ1n) is 4.10. The maximum atomic E-state index is 8.24. The quantitative estimate of drug-likeness (QED) is 0.316. The molecule has 62 valence electrons. The van der Waals surface area contributed by atoms with Gasteiger partial charge in [0.2, 0.25) is 0 Å². The van der Waals surface area contributed by atoms with E-state index in [1.54, 1.807) is 0 Å². The molecule has 1 aliphatic rings. The molecule has 0 aromatic carbocycles. The Hall–Kier alpha value is -0.690. The summed E-state index contributed by atoms with van der Waals surface area (Å²) in [5, 5.41) is 3.75. The zero-order valence-electron chi connectivity index (χ0n) is 7.41. The maximum Gasteiger partial charge on any atom is 0.0382 e. The van der Waals surface area contributed by atoms with Crippen molar-refractivity contribution < 1.29 is 0 Å². The summed E-state index contributed by atoms with van der Waals surface area (Å²) in [6.45, 7) is 6.71. The lowest BCUT2D eigenvalue weighted by atomic mass is 9.83. The van der Waals surface area contributed by atoms with Gasteiger partial charge in [0.1, 0.15) is 0 Å². The number of hydrogen-bond donors (Lipinski definition) is 0. The minimum Gasteiger partial charge on any atom is -0.0906 e. The zero-order valence-corrected chi connectivity index (χ0v) is 7.41. The van der Waals surface area contributed by atoms with Crippen molar-refractivity contribution in [3.05, 3.63) is 10.4 Å². The summed E-state index contributed by atoms with van der Waals surface area (Å²) in [5.41, 5.74) is 8.60. The highest BCUT2D eigenvalue weighted by Crippen LogP contribution is 2.43. The molecule has 0 N–H and O–H groups in total. The van der Waals surface area contributed by atoms with Crippen molar-refractivity contribution >= 4 is 0 Å². The Morgan fingerprint density at radius 2 is 2.18 bits per heavy atom. The summed E-state index contributed by atoms with van der Waals surface area (Å²) < 4.78 is 0. The van der Waals surface area contributed by atoms with Crippen molar-refractivity contribution in [1.82, 2.24) is 0 Å². The molecule has 2 atom stereocenters. The molecule has 0 aliphatic heterocycles. The van der Waals surface area contributed by atoms with Gasteiger partial charge in [-0.2, -0.15) is 0 Å². The van der Waals surface area contributed by atoms with Crippen molar-refractivity contribution in [2.24, 2.45) is 16.4 Å². The highest BCUT2D eigenvalue weighted by atomic mass is 15.1. The van der Waals surface area contributed by atoms with E-state index in [4.69, 9.17) is 5.53 Å². The lowest BCUT2D eigenvalue weighted by molar-refractivity contribution is 0.280. The van der Waals surface area contributed by atoms with E-state index in [2.05, 4.69) is 30.8 Å². The smallest absolute Gasteiger partial charge is 0.0382 e. The van der Waals surface area contributed by atoms with E-state index in [0.29, 0.717) is 11.3 Å². The average Bonchev–Trinajstić information content (AvgIpc) is 2.08. The topological polar surface area (TPSA) is 48.8 Å². The van der Waals surface area contributed by atoms with Crippen molar-refractivity contribution in [2.75, 3.05) is 0 Å². The van der Waals surface area contributed by atoms with Crippen molar-refractivity contribution in [3.8, 4) is 0 Å². The molecular formula is C8H15N3. The van der Waals surface area contributed by atoms with Crippen LogP contribution in [-0.4, -0.2) is 6.04 Å². The Kier molecular flexibility index (Phi) is 2.10. The van der Waals surface area contributed by atoms with Gasteiger partial charge >= 0.3 is 0 Å². The molecule has 0 heterocycles. The van der Waals surface area contributed by atoms with Crippen LogP contribution in [-0.2, 0) is 0 Å². The molecule has 0 radical (unpaired) electrons. The van der Waals surface area contributed by atoms with Gasteiger partial charge in [-0.3, -0.25) is 0 Å². The van der Waals surface area contributed by atoms with Crippen molar-refractivity contribution in [1.29, 1.82) is 0 Å². The van der Waals surface area contributed by atoms with Crippen LogP contribution in [0.15, 0.2) is 5.11 Å². The molecule has 1 unspecified atom stereocenters.